The van der Waals surface area contributed by atoms with Gasteiger partial charge in [0.15, 0.2) is 0 Å². The van der Waals surface area contributed by atoms with Gasteiger partial charge in [0.1, 0.15) is 18.7 Å². The first-order chi connectivity index (χ1) is 15.3. The number of carbonyl (C=O) groups is 3. The third-order valence-electron chi connectivity index (χ3n) is 5.60. The molecule has 0 aliphatic heterocycles. The Balaban J connectivity index is 1.65. The number of aliphatic hydroxyl groups excluding tert-OH is 1. The largest absolute Gasteiger partial charge is 0.480 e. The molecule has 0 fully saturated rings. The van der Waals surface area contributed by atoms with Gasteiger partial charge in [0.05, 0.1) is 0 Å². The lowest BCUT2D eigenvalue weighted by Gasteiger charge is -2.24. The molecule has 0 heterocycles. The van der Waals surface area contributed by atoms with Gasteiger partial charge in [0.25, 0.3) is 0 Å². The molecular formula is C24H28N2O6. The first-order valence-electron chi connectivity index (χ1n) is 10.6. The lowest BCUT2D eigenvalue weighted by Crippen LogP contribution is -2.54. The van der Waals surface area contributed by atoms with E-state index in [0.717, 1.165) is 22.3 Å². The molecule has 2 aromatic carbocycles. The van der Waals surface area contributed by atoms with Crippen LogP contribution in [-0.2, 0) is 14.3 Å². The average molecular weight is 440 g/mol. The van der Waals surface area contributed by atoms with Gasteiger partial charge in [-0.25, -0.2) is 9.59 Å². The third kappa shape index (κ3) is 5.08. The maximum atomic E-state index is 12.6. The SMILES string of the molecule is CC(C)[C@@H](NC(=O)OCC1c2ccccc2-c2ccccc21)C(=O)N[C@H](CCO)C(=O)O. The Hall–Kier alpha value is -3.39. The Bertz CT molecular complexity index is 944. The van der Waals surface area contributed by atoms with Crippen molar-refractivity contribution < 1.29 is 29.3 Å². The number of rotatable bonds is 9. The van der Waals surface area contributed by atoms with Gasteiger partial charge < -0.3 is 25.6 Å². The molecule has 0 unspecified atom stereocenters. The van der Waals surface area contributed by atoms with Crippen LogP contribution in [0.3, 0.4) is 0 Å². The van der Waals surface area contributed by atoms with Crippen molar-refractivity contribution in [2.45, 2.75) is 38.3 Å². The minimum Gasteiger partial charge on any atom is -0.480 e. The molecule has 170 valence electrons. The maximum Gasteiger partial charge on any atom is 0.407 e. The number of nitrogens with one attached hydrogen (secondary N) is 2. The molecule has 32 heavy (non-hydrogen) atoms. The van der Waals surface area contributed by atoms with Crippen LogP contribution in [0.1, 0.15) is 37.3 Å². The predicted molar refractivity (Wildman–Crippen MR) is 118 cm³/mol. The number of aliphatic carboxylic acids is 1. The second kappa shape index (κ2) is 10.3. The van der Waals surface area contributed by atoms with Crippen LogP contribution in [0.5, 0.6) is 0 Å². The third-order valence-corrected chi connectivity index (χ3v) is 5.60. The van der Waals surface area contributed by atoms with Crippen molar-refractivity contribution in [2.24, 2.45) is 5.92 Å². The van der Waals surface area contributed by atoms with Gasteiger partial charge in [0, 0.05) is 18.9 Å². The van der Waals surface area contributed by atoms with Crippen LogP contribution in [0.4, 0.5) is 4.79 Å². The van der Waals surface area contributed by atoms with Crippen molar-refractivity contribution in [3.8, 4) is 11.1 Å². The second-order valence-corrected chi connectivity index (χ2v) is 8.10. The molecule has 2 amide bonds. The fourth-order valence-corrected chi connectivity index (χ4v) is 3.95. The Morgan fingerprint density at radius 3 is 2.03 bits per heavy atom. The molecule has 0 saturated heterocycles. The summed E-state index contributed by atoms with van der Waals surface area (Å²) in [6.07, 6.45) is -0.883. The second-order valence-electron chi connectivity index (χ2n) is 8.10. The summed E-state index contributed by atoms with van der Waals surface area (Å²) in [6, 6.07) is 13.7. The van der Waals surface area contributed by atoms with E-state index in [1.807, 2.05) is 48.5 Å². The number of fused-ring (bicyclic) bond motifs is 3. The number of ether oxygens (including phenoxy) is 1. The number of carbonyl (C=O) groups excluding carboxylic acids is 2. The molecular weight excluding hydrogens is 412 g/mol. The van der Waals surface area contributed by atoms with Crippen molar-refractivity contribution in [3.05, 3.63) is 59.7 Å². The highest BCUT2D eigenvalue weighted by Crippen LogP contribution is 2.44. The van der Waals surface area contributed by atoms with E-state index in [2.05, 4.69) is 10.6 Å². The van der Waals surface area contributed by atoms with Crippen LogP contribution in [0, 0.1) is 5.92 Å². The van der Waals surface area contributed by atoms with E-state index in [1.54, 1.807) is 13.8 Å². The number of alkyl carbamates (subject to hydrolysis) is 1. The molecule has 0 spiro atoms. The lowest BCUT2D eigenvalue weighted by atomic mass is 9.98. The monoisotopic (exact) mass is 440 g/mol. The summed E-state index contributed by atoms with van der Waals surface area (Å²) in [5.41, 5.74) is 4.38. The number of hydrogen-bond donors (Lipinski definition) is 4. The van der Waals surface area contributed by atoms with Gasteiger partial charge in [-0.1, -0.05) is 62.4 Å². The number of benzene rings is 2. The summed E-state index contributed by atoms with van der Waals surface area (Å²) < 4.78 is 5.48. The lowest BCUT2D eigenvalue weighted by molar-refractivity contribution is -0.142. The zero-order valence-electron chi connectivity index (χ0n) is 18.1. The fourth-order valence-electron chi connectivity index (χ4n) is 3.95. The van der Waals surface area contributed by atoms with Gasteiger partial charge in [-0.2, -0.15) is 0 Å². The van der Waals surface area contributed by atoms with Crippen molar-refractivity contribution in [1.29, 1.82) is 0 Å². The molecule has 0 radical (unpaired) electrons. The molecule has 0 saturated carbocycles. The maximum absolute atomic E-state index is 12.6. The van der Waals surface area contributed by atoms with E-state index >= 15 is 0 Å². The molecule has 8 heteroatoms. The molecule has 1 aliphatic carbocycles. The van der Waals surface area contributed by atoms with Crippen molar-refractivity contribution in [2.75, 3.05) is 13.2 Å². The van der Waals surface area contributed by atoms with Gasteiger partial charge in [-0.3, -0.25) is 4.79 Å². The number of aliphatic hydroxyl groups is 1. The zero-order chi connectivity index (χ0) is 23.3. The van der Waals surface area contributed by atoms with Gasteiger partial charge in [-0.15, -0.1) is 0 Å². The number of hydrogen-bond acceptors (Lipinski definition) is 5. The quantitative estimate of drug-likeness (QED) is 0.475. The Morgan fingerprint density at radius 2 is 1.53 bits per heavy atom. The molecule has 8 nitrogen and oxygen atoms in total. The first-order valence-corrected chi connectivity index (χ1v) is 10.6. The summed E-state index contributed by atoms with van der Waals surface area (Å²) in [6.45, 7) is 3.18. The first kappa shape index (κ1) is 23.3. The van der Waals surface area contributed by atoms with E-state index in [-0.39, 0.29) is 31.5 Å². The van der Waals surface area contributed by atoms with E-state index in [1.165, 1.54) is 0 Å². The van der Waals surface area contributed by atoms with Crippen molar-refractivity contribution in [3.63, 3.8) is 0 Å². The number of carboxylic acids is 1. The van der Waals surface area contributed by atoms with Crippen LogP contribution in [-0.4, -0.2) is 53.5 Å². The summed E-state index contributed by atoms with van der Waals surface area (Å²) in [5.74, 6) is -2.31. The normalized spacial score (nSPS) is 14.2. The van der Waals surface area contributed by atoms with E-state index in [9.17, 15) is 19.5 Å². The van der Waals surface area contributed by atoms with Crippen LogP contribution in [0.25, 0.3) is 11.1 Å². The highest BCUT2D eigenvalue weighted by atomic mass is 16.5. The molecule has 0 aromatic heterocycles. The minimum atomic E-state index is -1.25. The summed E-state index contributed by atoms with van der Waals surface area (Å²) in [7, 11) is 0. The van der Waals surface area contributed by atoms with E-state index in [4.69, 9.17) is 9.84 Å². The zero-order valence-corrected chi connectivity index (χ0v) is 18.1. The highest BCUT2D eigenvalue weighted by molar-refractivity contribution is 5.89. The Labute approximate surface area is 186 Å². The molecule has 4 N–H and O–H groups in total. The van der Waals surface area contributed by atoms with E-state index < -0.39 is 30.1 Å². The van der Waals surface area contributed by atoms with Gasteiger partial charge >= 0.3 is 12.1 Å². The van der Waals surface area contributed by atoms with Gasteiger partial charge in [0.2, 0.25) is 5.91 Å². The van der Waals surface area contributed by atoms with Crippen LogP contribution < -0.4 is 10.6 Å². The van der Waals surface area contributed by atoms with Crippen LogP contribution in [0.15, 0.2) is 48.5 Å². The highest BCUT2D eigenvalue weighted by Gasteiger charge is 2.31. The molecule has 3 rings (SSSR count). The fraction of sp³-hybridized carbons (Fsp3) is 0.375. The Kier molecular flexibility index (Phi) is 7.48. The molecule has 1 aliphatic rings. The number of amides is 2. The number of carboxylic acid groups (broad SMARTS) is 1. The summed E-state index contributed by atoms with van der Waals surface area (Å²) in [4.78, 5) is 36.3. The van der Waals surface area contributed by atoms with Gasteiger partial charge in [-0.05, 0) is 28.2 Å². The van der Waals surface area contributed by atoms with Crippen LogP contribution >= 0.6 is 0 Å². The summed E-state index contributed by atoms with van der Waals surface area (Å²) in [5, 5.41) is 23.1. The standard InChI is InChI=1S/C24H28N2O6/c1-14(2)21(22(28)25-20(11-12-27)23(29)30)26-24(31)32-13-19-17-9-5-3-7-15(17)16-8-4-6-10-18(16)19/h3-10,14,19-21,27H,11-13H2,1-2H3,(H,25,28)(H,26,31)(H,29,30)/t20-,21-/m1/s1. The molecule has 0 bridgehead atoms. The molecule has 2 atom stereocenters. The summed E-state index contributed by atoms with van der Waals surface area (Å²) >= 11 is 0. The average Bonchev–Trinajstić information content (AvgIpc) is 3.09. The smallest absolute Gasteiger partial charge is 0.407 e. The molecule has 2 aromatic rings. The predicted octanol–water partition coefficient (Wildman–Crippen LogP) is 2.50. The van der Waals surface area contributed by atoms with Crippen LogP contribution in [0.2, 0.25) is 0 Å². The minimum absolute atomic E-state index is 0.106. The van der Waals surface area contributed by atoms with Crippen molar-refractivity contribution >= 4 is 18.0 Å². The topological polar surface area (TPSA) is 125 Å². The Morgan fingerprint density at radius 1 is 0.969 bits per heavy atom. The van der Waals surface area contributed by atoms with E-state index in [0.29, 0.717) is 0 Å². The van der Waals surface area contributed by atoms with Crippen molar-refractivity contribution in [1.82, 2.24) is 10.6 Å².